The Hall–Kier alpha value is -0.910. The SMILES string of the molecule is CC(C)NCc1cccc(CS(=O)(=O)NC2(C)CCC2)c1. The lowest BCUT2D eigenvalue weighted by atomic mass is 9.80. The second-order valence-corrected chi connectivity index (χ2v) is 8.35. The first-order valence-electron chi connectivity index (χ1n) is 7.61. The molecule has 21 heavy (non-hydrogen) atoms. The van der Waals surface area contributed by atoms with Gasteiger partial charge in [0.15, 0.2) is 0 Å². The maximum atomic E-state index is 12.3. The molecule has 0 spiro atoms. The monoisotopic (exact) mass is 310 g/mol. The summed E-state index contributed by atoms with van der Waals surface area (Å²) < 4.78 is 27.4. The minimum atomic E-state index is -3.27. The summed E-state index contributed by atoms with van der Waals surface area (Å²) in [5.41, 5.74) is 1.73. The Morgan fingerprint density at radius 2 is 1.90 bits per heavy atom. The van der Waals surface area contributed by atoms with Gasteiger partial charge in [-0.3, -0.25) is 0 Å². The van der Waals surface area contributed by atoms with Crippen LogP contribution < -0.4 is 10.0 Å². The Labute approximate surface area is 128 Å². The van der Waals surface area contributed by atoms with Crippen molar-refractivity contribution in [3.05, 3.63) is 35.4 Å². The standard InChI is InChI=1S/C16H26N2O2S/c1-13(2)17-11-14-6-4-7-15(10-14)12-21(19,20)18-16(3)8-5-9-16/h4,6-7,10,13,17-18H,5,8-9,11-12H2,1-3H3. The topological polar surface area (TPSA) is 58.2 Å². The van der Waals surface area contributed by atoms with Crippen LogP contribution in [-0.4, -0.2) is 20.0 Å². The Balaban J connectivity index is 1.99. The van der Waals surface area contributed by atoms with Crippen LogP contribution in [-0.2, 0) is 22.3 Å². The number of sulfonamides is 1. The Bertz CT molecular complexity index is 578. The molecular weight excluding hydrogens is 284 g/mol. The maximum absolute atomic E-state index is 12.3. The van der Waals surface area contributed by atoms with Crippen molar-refractivity contribution in [2.45, 2.75) is 63.9 Å². The van der Waals surface area contributed by atoms with Crippen molar-refractivity contribution in [3.63, 3.8) is 0 Å². The van der Waals surface area contributed by atoms with Gasteiger partial charge in [0.25, 0.3) is 0 Å². The summed E-state index contributed by atoms with van der Waals surface area (Å²) in [6, 6.07) is 8.20. The highest BCUT2D eigenvalue weighted by atomic mass is 32.2. The molecule has 0 aromatic heterocycles. The molecule has 2 N–H and O–H groups in total. The normalized spacial score (nSPS) is 17.7. The molecule has 1 aliphatic carbocycles. The third-order valence-electron chi connectivity index (χ3n) is 3.92. The highest BCUT2D eigenvalue weighted by Gasteiger charge is 2.35. The molecule has 1 fully saturated rings. The summed E-state index contributed by atoms with van der Waals surface area (Å²) in [4.78, 5) is 0. The number of hydrogen-bond donors (Lipinski definition) is 2. The molecule has 2 rings (SSSR count). The van der Waals surface area contributed by atoms with Crippen molar-refractivity contribution in [3.8, 4) is 0 Å². The lowest BCUT2D eigenvalue weighted by Crippen LogP contribution is -2.51. The molecular formula is C16H26N2O2S. The van der Waals surface area contributed by atoms with Crippen LogP contribution in [0.5, 0.6) is 0 Å². The lowest BCUT2D eigenvalue weighted by molar-refractivity contribution is 0.248. The third kappa shape index (κ3) is 5.09. The number of nitrogens with one attached hydrogen (secondary N) is 2. The Morgan fingerprint density at radius 3 is 2.48 bits per heavy atom. The predicted octanol–water partition coefficient (Wildman–Crippen LogP) is 2.55. The van der Waals surface area contributed by atoms with Crippen molar-refractivity contribution in [2.75, 3.05) is 0 Å². The molecule has 0 aliphatic heterocycles. The molecule has 0 amide bonds. The lowest BCUT2D eigenvalue weighted by Gasteiger charge is -2.38. The van der Waals surface area contributed by atoms with E-state index in [2.05, 4.69) is 23.9 Å². The van der Waals surface area contributed by atoms with Crippen LogP contribution in [0.2, 0.25) is 0 Å². The van der Waals surface area contributed by atoms with E-state index in [1.807, 2.05) is 31.2 Å². The van der Waals surface area contributed by atoms with E-state index in [9.17, 15) is 8.42 Å². The summed E-state index contributed by atoms with van der Waals surface area (Å²) in [5, 5.41) is 3.34. The van der Waals surface area contributed by atoms with Crippen LogP contribution in [0.15, 0.2) is 24.3 Å². The van der Waals surface area contributed by atoms with E-state index >= 15 is 0 Å². The van der Waals surface area contributed by atoms with Crippen molar-refractivity contribution < 1.29 is 8.42 Å². The molecule has 5 heteroatoms. The molecule has 0 heterocycles. The third-order valence-corrected chi connectivity index (χ3v) is 5.44. The van der Waals surface area contributed by atoms with E-state index < -0.39 is 10.0 Å². The minimum Gasteiger partial charge on any atom is -0.310 e. The fraction of sp³-hybridized carbons (Fsp3) is 0.625. The quantitative estimate of drug-likeness (QED) is 0.814. The fourth-order valence-electron chi connectivity index (χ4n) is 2.59. The molecule has 0 radical (unpaired) electrons. The van der Waals surface area contributed by atoms with Crippen LogP contribution in [0.3, 0.4) is 0 Å². The Kier molecular flexibility index (Phi) is 5.07. The average molecular weight is 310 g/mol. The van der Waals surface area contributed by atoms with E-state index in [1.54, 1.807) is 0 Å². The first-order chi connectivity index (χ1) is 9.78. The molecule has 118 valence electrons. The first kappa shape index (κ1) is 16.5. The number of hydrogen-bond acceptors (Lipinski definition) is 3. The molecule has 1 aromatic rings. The van der Waals surface area contributed by atoms with E-state index in [0.29, 0.717) is 6.04 Å². The number of rotatable bonds is 7. The van der Waals surface area contributed by atoms with E-state index in [-0.39, 0.29) is 11.3 Å². The highest BCUT2D eigenvalue weighted by molar-refractivity contribution is 7.88. The van der Waals surface area contributed by atoms with Gasteiger partial charge >= 0.3 is 0 Å². The second-order valence-electron chi connectivity index (χ2n) is 6.63. The van der Waals surface area contributed by atoms with Crippen molar-refractivity contribution in [1.29, 1.82) is 0 Å². The van der Waals surface area contributed by atoms with Gasteiger partial charge in [0, 0.05) is 18.1 Å². The molecule has 0 unspecified atom stereocenters. The molecule has 1 aromatic carbocycles. The van der Waals surface area contributed by atoms with Crippen molar-refractivity contribution in [1.82, 2.24) is 10.0 Å². The van der Waals surface area contributed by atoms with Gasteiger partial charge in [-0.15, -0.1) is 0 Å². The zero-order chi connectivity index (χ0) is 15.5. The Morgan fingerprint density at radius 1 is 1.24 bits per heavy atom. The summed E-state index contributed by atoms with van der Waals surface area (Å²) in [6.07, 6.45) is 2.98. The van der Waals surface area contributed by atoms with E-state index in [4.69, 9.17) is 0 Å². The first-order valence-corrected chi connectivity index (χ1v) is 9.26. The smallest absolute Gasteiger partial charge is 0.216 e. The van der Waals surface area contributed by atoms with Gasteiger partial charge in [0.05, 0.1) is 5.75 Å². The summed E-state index contributed by atoms with van der Waals surface area (Å²) in [7, 11) is -3.27. The van der Waals surface area contributed by atoms with Crippen LogP contribution in [0.4, 0.5) is 0 Å². The molecule has 1 aliphatic rings. The maximum Gasteiger partial charge on any atom is 0.216 e. The average Bonchev–Trinajstić information content (AvgIpc) is 2.34. The van der Waals surface area contributed by atoms with Gasteiger partial charge < -0.3 is 5.32 Å². The van der Waals surface area contributed by atoms with Gasteiger partial charge in [-0.05, 0) is 37.3 Å². The number of benzene rings is 1. The van der Waals surface area contributed by atoms with Crippen LogP contribution >= 0.6 is 0 Å². The molecule has 0 atom stereocenters. The molecule has 0 saturated heterocycles. The minimum absolute atomic E-state index is 0.0537. The van der Waals surface area contributed by atoms with Crippen molar-refractivity contribution in [2.24, 2.45) is 0 Å². The van der Waals surface area contributed by atoms with E-state index in [1.165, 1.54) is 0 Å². The molecule has 0 bridgehead atoms. The summed E-state index contributed by atoms with van der Waals surface area (Å²) in [6.45, 7) is 6.93. The van der Waals surface area contributed by atoms with Crippen LogP contribution in [0.1, 0.15) is 51.2 Å². The zero-order valence-electron chi connectivity index (χ0n) is 13.1. The van der Waals surface area contributed by atoms with Gasteiger partial charge in [-0.1, -0.05) is 38.1 Å². The summed E-state index contributed by atoms with van der Waals surface area (Å²) >= 11 is 0. The van der Waals surface area contributed by atoms with Crippen LogP contribution in [0, 0.1) is 0 Å². The van der Waals surface area contributed by atoms with Gasteiger partial charge in [-0.25, -0.2) is 13.1 Å². The largest absolute Gasteiger partial charge is 0.310 e. The summed E-state index contributed by atoms with van der Waals surface area (Å²) in [5.74, 6) is 0.0537. The van der Waals surface area contributed by atoms with Gasteiger partial charge in [-0.2, -0.15) is 0 Å². The van der Waals surface area contributed by atoms with Gasteiger partial charge in [0.1, 0.15) is 0 Å². The highest BCUT2D eigenvalue weighted by Crippen LogP contribution is 2.32. The molecule has 4 nitrogen and oxygen atoms in total. The molecule has 1 saturated carbocycles. The fourth-order valence-corrected chi connectivity index (χ4v) is 4.24. The van der Waals surface area contributed by atoms with Crippen LogP contribution in [0.25, 0.3) is 0 Å². The van der Waals surface area contributed by atoms with Crippen molar-refractivity contribution >= 4 is 10.0 Å². The van der Waals surface area contributed by atoms with Gasteiger partial charge in [0.2, 0.25) is 10.0 Å². The zero-order valence-corrected chi connectivity index (χ0v) is 14.0. The predicted molar refractivity (Wildman–Crippen MR) is 86.4 cm³/mol. The van der Waals surface area contributed by atoms with E-state index in [0.717, 1.165) is 36.9 Å². The second kappa shape index (κ2) is 6.46.